The van der Waals surface area contributed by atoms with Gasteiger partial charge in [0.1, 0.15) is 5.82 Å². The van der Waals surface area contributed by atoms with Crippen molar-refractivity contribution in [3.8, 4) is 0 Å². The van der Waals surface area contributed by atoms with Crippen molar-refractivity contribution in [2.24, 2.45) is 0 Å². The van der Waals surface area contributed by atoms with Gasteiger partial charge in [-0.25, -0.2) is 4.98 Å². The van der Waals surface area contributed by atoms with Gasteiger partial charge in [0.25, 0.3) is 0 Å². The Morgan fingerprint density at radius 2 is 2.24 bits per heavy atom. The molecule has 1 N–H and O–H groups in total. The van der Waals surface area contributed by atoms with Crippen molar-refractivity contribution in [3.05, 3.63) is 23.4 Å². The fourth-order valence-electron chi connectivity index (χ4n) is 2.93. The maximum Gasteiger partial charge on any atom is 0.131 e. The summed E-state index contributed by atoms with van der Waals surface area (Å²) in [6, 6.07) is 2.74. The van der Waals surface area contributed by atoms with E-state index in [1.165, 1.54) is 11.1 Å². The minimum absolute atomic E-state index is 0.0513. The molecule has 1 fully saturated rings. The number of methoxy groups -OCH3 is 1. The summed E-state index contributed by atoms with van der Waals surface area (Å²) in [6.07, 6.45) is 4.27. The Kier molecular flexibility index (Phi) is 5.22. The summed E-state index contributed by atoms with van der Waals surface area (Å²) in [5, 5.41) is 3.44. The zero-order valence-corrected chi connectivity index (χ0v) is 14.1. The van der Waals surface area contributed by atoms with Crippen LogP contribution in [0.2, 0.25) is 0 Å². The van der Waals surface area contributed by atoms with Gasteiger partial charge in [0, 0.05) is 39.0 Å². The van der Waals surface area contributed by atoms with Crippen molar-refractivity contribution >= 4 is 5.82 Å². The maximum absolute atomic E-state index is 5.68. The lowest BCUT2D eigenvalue weighted by atomic mass is 9.94. The molecule has 2 heterocycles. The first-order valence-corrected chi connectivity index (χ1v) is 7.92. The first kappa shape index (κ1) is 16.2. The van der Waals surface area contributed by atoms with Crippen LogP contribution >= 0.6 is 0 Å². The second-order valence-electron chi connectivity index (χ2n) is 6.70. The maximum atomic E-state index is 5.68. The molecule has 0 aliphatic carbocycles. The van der Waals surface area contributed by atoms with Crippen LogP contribution < -0.4 is 10.2 Å². The number of anilines is 1. The lowest BCUT2D eigenvalue weighted by molar-refractivity contribution is -0.00483. The van der Waals surface area contributed by atoms with Crippen LogP contribution in [0.15, 0.2) is 12.3 Å². The Morgan fingerprint density at radius 1 is 1.48 bits per heavy atom. The van der Waals surface area contributed by atoms with E-state index in [2.05, 4.69) is 44.0 Å². The molecule has 1 aromatic rings. The highest BCUT2D eigenvalue weighted by Crippen LogP contribution is 2.28. The second-order valence-corrected chi connectivity index (χ2v) is 6.70. The number of hydrogen-bond donors (Lipinski definition) is 1. The van der Waals surface area contributed by atoms with Crippen molar-refractivity contribution in [1.29, 1.82) is 0 Å². The summed E-state index contributed by atoms with van der Waals surface area (Å²) in [4.78, 5) is 7.07. The Bertz CT molecular complexity index is 475. The van der Waals surface area contributed by atoms with Crippen molar-refractivity contribution < 1.29 is 4.74 Å². The predicted molar refractivity (Wildman–Crippen MR) is 87.8 cm³/mol. The third-order valence-electron chi connectivity index (χ3n) is 4.27. The molecule has 1 aliphatic heterocycles. The lowest BCUT2D eigenvalue weighted by Gasteiger charge is -2.40. The first-order valence-electron chi connectivity index (χ1n) is 7.92. The number of pyridine rings is 1. The average Bonchev–Trinajstić information content (AvgIpc) is 2.45. The number of ether oxygens (including phenoxy) is 1. The van der Waals surface area contributed by atoms with Gasteiger partial charge in [-0.2, -0.15) is 0 Å². The first-order chi connectivity index (χ1) is 9.93. The zero-order valence-electron chi connectivity index (χ0n) is 14.1. The molecular weight excluding hydrogens is 262 g/mol. The SMILES string of the molecule is COC1(C)CCCN(c2ncc(CNC(C)C)cc2C)C1. The monoisotopic (exact) mass is 291 g/mol. The minimum Gasteiger partial charge on any atom is -0.377 e. The number of nitrogens with one attached hydrogen (secondary N) is 1. The fraction of sp³-hybridized carbons (Fsp3) is 0.706. The highest BCUT2D eigenvalue weighted by atomic mass is 16.5. The Balaban J connectivity index is 2.10. The van der Waals surface area contributed by atoms with Crippen LogP contribution in [0.1, 0.15) is 44.7 Å². The number of rotatable bonds is 5. The topological polar surface area (TPSA) is 37.4 Å². The van der Waals surface area contributed by atoms with Crippen LogP contribution in [0.3, 0.4) is 0 Å². The zero-order chi connectivity index (χ0) is 15.5. The molecule has 1 aromatic heterocycles. The molecule has 21 heavy (non-hydrogen) atoms. The average molecular weight is 291 g/mol. The summed E-state index contributed by atoms with van der Waals surface area (Å²) in [5.74, 6) is 1.10. The molecule has 0 radical (unpaired) electrons. The molecule has 1 atom stereocenters. The van der Waals surface area contributed by atoms with Crippen LogP contribution in [0.5, 0.6) is 0 Å². The molecule has 0 aromatic carbocycles. The smallest absolute Gasteiger partial charge is 0.131 e. The van der Waals surface area contributed by atoms with Gasteiger partial charge in [0.05, 0.1) is 5.60 Å². The highest BCUT2D eigenvalue weighted by Gasteiger charge is 2.31. The van der Waals surface area contributed by atoms with E-state index in [9.17, 15) is 0 Å². The van der Waals surface area contributed by atoms with E-state index in [0.29, 0.717) is 6.04 Å². The summed E-state index contributed by atoms with van der Waals surface area (Å²) in [6.45, 7) is 11.5. The molecule has 1 saturated heterocycles. The van der Waals surface area contributed by atoms with Crippen LogP contribution in [-0.4, -0.2) is 36.8 Å². The molecule has 1 aliphatic rings. The Hall–Kier alpha value is -1.13. The molecule has 4 nitrogen and oxygen atoms in total. The van der Waals surface area contributed by atoms with E-state index in [1.807, 2.05) is 13.3 Å². The van der Waals surface area contributed by atoms with E-state index in [0.717, 1.165) is 38.3 Å². The van der Waals surface area contributed by atoms with E-state index >= 15 is 0 Å². The molecule has 118 valence electrons. The van der Waals surface area contributed by atoms with Crippen LogP contribution in [0.4, 0.5) is 5.82 Å². The third-order valence-corrected chi connectivity index (χ3v) is 4.27. The van der Waals surface area contributed by atoms with Gasteiger partial charge in [-0.05, 0) is 43.9 Å². The second kappa shape index (κ2) is 6.75. The van der Waals surface area contributed by atoms with Gasteiger partial charge >= 0.3 is 0 Å². The summed E-state index contributed by atoms with van der Waals surface area (Å²) in [7, 11) is 1.81. The molecule has 0 amide bonds. The predicted octanol–water partition coefficient (Wildman–Crippen LogP) is 2.89. The summed E-state index contributed by atoms with van der Waals surface area (Å²) < 4.78 is 5.68. The van der Waals surface area contributed by atoms with E-state index < -0.39 is 0 Å². The molecule has 0 bridgehead atoms. The standard InChI is InChI=1S/C17H29N3O/c1-13(2)18-10-15-9-14(3)16(19-11-15)20-8-6-7-17(4,12-20)21-5/h9,11,13,18H,6-8,10,12H2,1-5H3. The number of piperidine rings is 1. The van der Waals surface area contributed by atoms with Gasteiger partial charge in [-0.15, -0.1) is 0 Å². The van der Waals surface area contributed by atoms with Crippen molar-refractivity contribution in [2.75, 3.05) is 25.1 Å². The summed E-state index contributed by atoms with van der Waals surface area (Å²) in [5.41, 5.74) is 2.44. The van der Waals surface area contributed by atoms with Gasteiger partial charge < -0.3 is 15.0 Å². The largest absolute Gasteiger partial charge is 0.377 e. The van der Waals surface area contributed by atoms with Crippen LogP contribution in [-0.2, 0) is 11.3 Å². The number of aromatic nitrogens is 1. The van der Waals surface area contributed by atoms with E-state index in [-0.39, 0.29) is 5.60 Å². The van der Waals surface area contributed by atoms with Gasteiger partial charge in [-0.1, -0.05) is 13.8 Å². The molecule has 4 heteroatoms. The van der Waals surface area contributed by atoms with Crippen molar-refractivity contribution in [1.82, 2.24) is 10.3 Å². The molecule has 0 saturated carbocycles. The number of hydrogen-bond acceptors (Lipinski definition) is 4. The molecule has 2 rings (SSSR count). The molecular formula is C17H29N3O. The quantitative estimate of drug-likeness (QED) is 0.905. The van der Waals surface area contributed by atoms with Crippen molar-refractivity contribution in [3.63, 3.8) is 0 Å². The fourth-order valence-corrected chi connectivity index (χ4v) is 2.93. The number of aryl methyl sites for hydroxylation is 1. The lowest BCUT2D eigenvalue weighted by Crippen LogP contribution is -2.48. The van der Waals surface area contributed by atoms with Gasteiger partial charge in [0.2, 0.25) is 0 Å². The van der Waals surface area contributed by atoms with Crippen LogP contribution in [0, 0.1) is 6.92 Å². The molecule has 1 unspecified atom stereocenters. The van der Waals surface area contributed by atoms with E-state index in [1.54, 1.807) is 0 Å². The minimum atomic E-state index is -0.0513. The van der Waals surface area contributed by atoms with Crippen LogP contribution in [0.25, 0.3) is 0 Å². The Labute approximate surface area is 128 Å². The van der Waals surface area contributed by atoms with Crippen molar-refractivity contribution in [2.45, 2.75) is 58.7 Å². The third kappa shape index (κ3) is 4.17. The normalized spacial score (nSPS) is 22.9. The summed E-state index contributed by atoms with van der Waals surface area (Å²) >= 11 is 0. The van der Waals surface area contributed by atoms with Gasteiger partial charge in [-0.3, -0.25) is 0 Å². The van der Waals surface area contributed by atoms with Gasteiger partial charge in [0.15, 0.2) is 0 Å². The molecule has 0 spiro atoms. The van der Waals surface area contributed by atoms with E-state index in [4.69, 9.17) is 9.72 Å². The highest BCUT2D eigenvalue weighted by molar-refractivity contribution is 5.48. The Morgan fingerprint density at radius 3 is 2.86 bits per heavy atom. The number of nitrogens with zero attached hydrogens (tertiary/aromatic N) is 2.